The summed E-state index contributed by atoms with van der Waals surface area (Å²) in [5.41, 5.74) is -0.0707. The van der Waals surface area contributed by atoms with Gasteiger partial charge in [0.1, 0.15) is 0 Å². The summed E-state index contributed by atoms with van der Waals surface area (Å²) in [4.78, 5) is 0. The third kappa shape index (κ3) is 3.47. The van der Waals surface area contributed by atoms with Crippen molar-refractivity contribution in [2.75, 3.05) is 13.2 Å². The van der Waals surface area contributed by atoms with E-state index in [4.69, 9.17) is 16.3 Å². The Morgan fingerprint density at radius 2 is 2.11 bits per heavy atom. The largest absolute Gasteiger partial charge is 0.385 e. The number of halogens is 2. The second-order valence-electron chi connectivity index (χ2n) is 5.16. The van der Waals surface area contributed by atoms with Crippen LogP contribution in [0.25, 0.3) is 0 Å². The summed E-state index contributed by atoms with van der Waals surface area (Å²) in [5, 5.41) is 11.3. The zero-order valence-electron chi connectivity index (χ0n) is 10.5. The molecule has 0 radical (unpaired) electrons. The van der Waals surface area contributed by atoms with Gasteiger partial charge in [-0.05, 0) is 44.2 Å². The molecule has 0 saturated carbocycles. The van der Waals surface area contributed by atoms with Gasteiger partial charge in [0.2, 0.25) is 0 Å². The molecular formula is C14H18BrClO2. The van der Waals surface area contributed by atoms with Crippen LogP contribution in [0.5, 0.6) is 0 Å². The zero-order valence-corrected chi connectivity index (χ0v) is 12.8. The van der Waals surface area contributed by atoms with Crippen molar-refractivity contribution in [1.29, 1.82) is 0 Å². The molecule has 1 N–H and O–H groups in total. The Labute approximate surface area is 121 Å². The van der Waals surface area contributed by atoms with Gasteiger partial charge in [-0.3, -0.25) is 0 Å². The van der Waals surface area contributed by atoms with E-state index in [0.717, 1.165) is 42.5 Å². The summed E-state index contributed by atoms with van der Waals surface area (Å²) in [7, 11) is 0. The van der Waals surface area contributed by atoms with Crippen molar-refractivity contribution in [3.8, 4) is 0 Å². The Morgan fingerprint density at radius 1 is 1.44 bits per heavy atom. The van der Waals surface area contributed by atoms with E-state index >= 15 is 0 Å². The van der Waals surface area contributed by atoms with Crippen LogP contribution in [-0.2, 0) is 10.3 Å². The molecule has 0 aromatic heterocycles. The molecule has 1 aromatic carbocycles. The molecular weight excluding hydrogens is 316 g/mol. The van der Waals surface area contributed by atoms with Gasteiger partial charge in [-0.1, -0.05) is 33.6 Å². The van der Waals surface area contributed by atoms with Crippen LogP contribution in [0.2, 0.25) is 5.02 Å². The molecule has 0 bridgehead atoms. The van der Waals surface area contributed by atoms with Gasteiger partial charge in [-0.15, -0.1) is 0 Å². The van der Waals surface area contributed by atoms with E-state index in [1.165, 1.54) is 0 Å². The normalized spacial score (nSPS) is 20.7. The summed E-state index contributed by atoms with van der Waals surface area (Å²) >= 11 is 9.60. The third-order valence-electron chi connectivity index (χ3n) is 3.54. The van der Waals surface area contributed by atoms with Crippen LogP contribution in [0.15, 0.2) is 22.7 Å². The summed E-state index contributed by atoms with van der Waals surface area (Å²) in [5.74, 6) is 0.508. The molecule has 1 aromatic rings. The maximum atomic E-state index is 10.7. The standard InChI is InChI=1S/C14H18BrClO2/c1-14(17,9-10-4-6-18-7-5-10)12-3-2-11(15)8-13(12)16/h2-3,8,10,17H,4-7,9H2,1H3. The van der Waals surface area contributed by atoms with Crippen molar-refractivity contribution >= 4 is 27.5 Å². The Kier molecular flexibility index (Phi) is 4.70. The topological polar surface area (TPSA) is 29.5 Å². The van der Waals surface area contributed by atoms with E-state index < -0.39 is 5.60 Å². The Morgan fingerprint density at radius 3 is 2.72 bits per heavy atom. The molecule has 100 valence electrons. The second kappa shape index (κ2) is 5.91. The molecule has 1 aliphatic heterocycles. The minimum atomic E-state index is -0.875. The minimum absolute atomic E-state index is 0.508. The Hall–Kier alpha value is -0.0900. The van der Waals surface area contributed by atoms with Crippen molar-refractivity contribution in [2.45, 2.75) is 31.8 Å². The van der Waals surface area contributed by atoms with E-state index in [0.29, 0.717) is 10.9 Å². The lowest BCUT2D eigenvalue weighted by Gasteiger charge is -2.31. The zero-order chi connectivity index (χ0) is 13.2. The first-order valence-electron chi connectivity index (χ1n) is 6.25. The number of benzene rings is 1. The maximum Gasteiger partial charge on any atom is 0.0885 e. The monoisotopic (exact) mass is 332 g/mol. The average molecular weight is 334 g/mol. The maximum absolute atomic E-state index is 10.7. The van der Waals surface area contributed by atoms with Gasteiger partial charge in [0.05, 0.1) is 5.60 Å². The number of rotatable bonds is 3. The minimum Gasteiger partial charge on any atom is -0.385 e. The van der Waals surface area contributed by atoms with Crippen LogP contribution in [-0.4, -0.2) is 18.3 Å². The predicted molar refractivity (Wildman–Crippen MR) is 76.9 cm³/mol. The fraction of sp³-hybridized carbons (Fsp3) is 0.571. The van der Waals surface area contributed by atoms with Crippen molar-refractivity contribution in [2.24, 2.45) is 5.92 Å². The van der Waals surface area contributed by atoms with Gasteiger partial charge in [-0.2, -0.15) is 0 Å². The van der Waals surface area contributed by atoms with Crippen molar-refractivity contribution < 1.29 is 9.84 Å². The molecule has 0 spiro atoms. The molecule has 1 aliphatic rings. The number of ether oxygens (including phenoxy) is 1. The van der Waals surface area contributed by atoms with Crippen LogP contribution >= 0.6 is 27.5 Å². The van der Waals surface area contributed by atoms with Crippen LogP contribution in [0.1, 0.15) is 31.7 Å². The van der Waals surface area contributed by atoms with Gasteiger partial charge < -0.3 is 9.84 Å². The average Bonchev–Trinajstić information content (AvgIpc) is 2.29. The predicted octanol–water partition coefficient (Wildman–Crippen LogP) is 4.13. The highest BCUT2D eigenvalue weighted by atomic mass is 79.9. The van der Waals surface area contributed by atoms with Gasteiger partial charge in [0.25, 0.3) is 0 Å². The molecule has 1 saturated heterocycles. The van der Waals surface area contributed by atoms with E-state index in [9.17, 15) is 5.11 Å². The fourth-order valence-corrected chi connectivity index (χ4v) is 3.43. The molecule has 1 unspecified atom stereocenters. The van der Waals surface area contributed by atoms with E-state index in [1.54, 1.807) is 0 Å². The molecule has 2 nitrogen and oxygen atoms in total. The van der Waals surface area contributed by atoms with Crippen LogP contribution in [0.3, 0.4) is 0 Å². The van der Waals surface area contributed by atoms with Gasteiger partial charge >= 0.3 is 0 Å². The van der Waals surface area contributed by atoms with Crippen molar-refractivity contribution in [1.82, 2.24) is 0 Å². The Bertz CT molecular complexity index is 414. The van der Waals surface area contributed by atoms with Crippen LogP contribution in [0.4, 0.5) is 0 Å². The first-order chi connectivity index (χ1) is 8.49. The highest BCUT2D eigenvalue weighted by Crippen LogP contribution is 2.36. The SMILES string of the molecule is CC(O)(CC1CCOCC1)c1ccc(Br)cc1Cl. The molecule has 0 aliphatic carbocycles. The lowest BCUT2D eigenvalue weighted by molar-refractivity contribution is -0.00297. The lowest BCUT2D eigenvalue weighted by atomic mass is 9.83. The van der Waals surface area contributed by atoms with Crippen molar-refractivity contribution in [3.63, 3.8) is 0 Å². The number of hydrogen-bond donors (Lipinski definition) is 1. The first kappa shape index (κ1) is 14.3. The summed E-state index contributed by atoms with van der Waals surface area (Å²) in [6.45, 7) is 3.45. The van der Waals surface area contributed by atoms with Crippen LogP contribution in [0, 0.1) is 5.92 Å². The van der Waals surface area contributed by atoms with Gasteiger partial charge in [0.15, 0.2) is 0 Å². The fourth-order valence-electron chi connectivity index (χ4n) is 2.55. The van der Waals surface area contributed by atoms with E-state index in [1.807, 2.05) is 25.1 Å². The van der Waals surface area contributed by atoms with Crippen LogP contribution < -0.4 is 0 Å². The lowest BCUT2D eigenvalue weighted by Crippen LogP contribution is -2.28. The van der Waals surface area contributed by atoms with E-state index in [2.05, 4.69) is 15.9 Å². The first-order valence-corrected chi connectivity index (χ1v) is 7.42. The molecule has 2 rings (SSSR count). The molecule has 1 atom stereocenters. The van der Waals surface area contributed by atoms with E-state index in [-0.39, 0.29) is 0 Å². The molecule has 18 heavy (non-hydrogen) atoms. The molecule has 4 heteroatoms. The molecule has 0 amide bonds. The highest BCUT2D eigenvalue weighted by molar-refractivity contribution is 9.10. The summed E-state index contributed by atoms with van der Waals surface area (Å²) < 4.78 is 6.27. The second-order valence-corrected chi connectivity index (χ2v) is 6.48. The summed E-state index contributed by atoms with van der Waals surface area (Å²) in [6, 6.07) is 5.64. The van der Waals surface area contributed by atoms with Gasteiger partial charge in [-0.25, -0.2) is 0 Å². The molecule has 1 heterocycles. The molecule has 1 fully saturated rings. The third-order valence-corrected chi connectivity index (χ3v) is 4.34. The Balaban J connectivity index is 2.13. The summed E-state index contributed by atoms with van der Waals surface area (Å²) in [6.07, 6.45) is 2.77. The highest BCUT2D eigenvalue weighted by Gasteiger charge is 2.30. The smallest absolute Gasteiger partial charge is 0.0885 e. The quantitative estimate of drug-likeness (QED) is 0.901. The number of hydrogen-bond acceptors (Lipinski definition) is 2. The number of aliphatic hydroxyl groups is 1. The van der Waals surface area contributed by atoms with Gasteiger partial charge in [0, 0.05) is 28.3 Å². The van der Waals surface area contributed by atoms with Crippen molar-refractivity contribution in [3.05, 3.63) is 33.3 Å².